The third-order valence-electron chi connectivity index (χ3n) is 4.72. The predicted molar refractivity (Wildman–Crippen MR) is 103 cm³/mol. The number of benzene rings is 2. The van der Waals surface area contributed by atoms with E-state index < -0.39 is 0 Å². The van der Waals surface area contributed by atoms with Gasteiger partial charge in [0, 0.05) is 0 Å². The van der Waals surface area contributed by atoms with Gasteiger partial charge in [-0.15, -0.1) is 0 Å². The zero-order valence-electron chi connectivity index (χ0n) is 14.1. The van der Waals surface area contributed by atoms with Crippen molar-refractivity contribution >= 4 is 46.4 Å². The highest BCUT2D eigenvalue weighted by molar-refractivity contribution is 6.50. The van der Waals surface area contributed by atoms with E-state index in [0.717, 1.165) is 5.56 Å². The van der Waals surface area contributed by atoms with Crippen LogP contribution in [0.15, 0.2) is 0 Å². The number of phenols is 1. The van der Waals surface area contributed by atoms with Gasteiger partial charge in [-0.3, -0.25) is 0 Å². The summed E-state index contributed by atoms with van der Waals surface area (Å²) in [5.74, 6) is -0.184. The highest BCUT2D eigenvalue weighted by atomic mass is 35.5. The fourth-order valence-electron chi connectivity index (χ4n) is 2.67. The highest BCUT2D eigenvalue weighted by Crippen LogP contribution is 2.49. The lowest BCUT2D eigenvalue weighted by Gasteiger charge is -2.20. The molecule has 0 heterocycles. The van der Waals surface area contributed by atoms with Crippen LogP contribution in [0.5, 0.6) is 11.5 Å². The molecule has 0 bridgehead atoms. The molecule has 0 aromatic heterocycles. The minimum atomic E-state index is -0.352. The second-order valence-corrected chi connectivity index (χ2v) is 7.34. The summed E-state index contributed by atoms with van der Waals surface area (Å²) in [5.41, 5.74) is 7.15. The molecule has 2 nitrogen and oxygen atoms in total. The third kappa shape index (κ3) is 3.17. The fraction of sp³-hybridized carbons (Fsp3) is 0.333. The monoisotopic (exact) mass is 406 g/mol. The lowest BCUT2D eigenvalue weighted by molar-refractivity contribution is 0.304. The molecule has 2 aromatic carbocycles. The van der Waals surface area contributed by atoms with Gasteiger partial charge in [-0.1, -0.05) is 46.4 Å². The molecule has 0 radical (unpaired) electrons. The van der Waals surface area contributed by atoms with E-state index in [4.69, 9.17) is 51.1 Å². The summed E-state index contributed by atoms with van der Waals surface area (Å²) < 4.78 is 5.84. The molecule has 6 heteroatoms. The van der Waals surface area contributed by atoms with Crippen molar-refractivity contribution in [3.05, 3.63) is 53.5 Å². The summed E-state index contributed by atoms with van der Waals surface area (Å²) in [6, 6.07) is 0. The van der Waals surface area contributed by atoms with E-state index in [2.05, 4.69) is 34.6 Å². The van der Waals surface area contributed by atoms with Crippen LogP contribution in [0.2, 0.25) is 20.1 Å². The topological polar surface area (TPSA) is 29.5 Å². The van der Waals surface area contributed by atoms with Crippen molar-refractivity contribution in [2.75, 3.05) is 0 Å². The van der Waals surface area contributed by atoms with Crippen LogP contribution in [0.1, 0.15) is 33.4 Å². The number of rotatable bonds is 3. The second-order valence-electron chi connectivity index (χ2n) is 5.83. The van der Waals surface area contributed by atoms with E-state index in [9.17, 15) is 5.11 Å². The Morgan fingerprint density at radius 2 is 1.04 bits per heavy atom. The Labute approximate surface area is 162 Å². The average molecular weight is 408 g/mol. The van der Waals surface area contributed by atoms with Gasteiger partial charge in [0.2, 0.25) is 0 Å². The van der Waals surface area contributed by atoms with E-state index in [0.29, 0.717) is 0 Å². The van der Waals surface area contributed by atoms with Crippen LogP contribution < -0.4 is 4.74 Å². The molecule has 1 N–H and O–H groups in total. The quantitative estimate of drug-likeness (QED) is 0.548. The lowest BCUT2D eigenvalue weighted by atomic mass is 9.90. The summed E-state index contributed by atoms with van der Waals surface area (Å²) in [6.45, 7) is 10.7. The van der Waals surface area contributed by atoms with Gasteiger partial charge >= 0.3 is 0 Å². The Morgan fingerprint density at radius 1 is 0.667 bits per heavy atom. The van der Waals surface area contributed by atoms with Gasteiger partial charge in [-0.2, -0.15) is 0 Å². The van der Waals surface area contributed by atoms with Gasteiger partial charge in [0.05, 0.1) is 0 Å². The summed E-state index contributed by atoms with van der Waals surface area (Å²) in [7, 11) is 0. The first-order valence-corrected chi connectivity index (χ1v) is 8.84. The molecule has 0 aliphatic rings. The molecule has 130 valence electrons. The highest BCUT2D eigenvalue weighted by Gasteiger charge is 2.22. The Hall–Kier alpha value is -0.800. The molecule has 0 spiro atoms. The molecular formula is C18H18Cl4O2. The van der Waals surface area contributed by atoms with Gasteiger partial charge in [0.1, 0.15) is 26.7 Å². The first-order chi connectivity index (χ1) is 11.1. The SMILES string of the molecule is Cc1c(C)c(C)c(COc2c(Cl)c(Cl)c(O)c(Cl)c2Cl)c(C)c1C. The zero-order valence-corrected chi connectivity index (χ0v) is 17.1. The molecule has 0 fully saturated rings. The average Bonchev–Trinajstić information content (AvgIpc) is 2.57. The Bertz CT molecular complexity index is 701. The predicted octanol–water partition coefficient (Wildman–Crippen LogP) is 7.13. The standard InChI is InChI=1S/C18H18Cl4O2/c1-7-8(2)10(4)12(11(5)9(7)3)6-24-18-15(21)13(19)17(23)14(20)16(18)22/h23H,6H2,1-5H3. The molecule has 0 saturated carbocycles. The lowest BCUT2D eigenvalue weighted by Crippen LogP contribution is -2.07. The van der Waals surface area contributed by atoms with Crippen molar-refractivity contribution in [1.82, 2.24) is 0 Å². The second kappa shape index (κ2) is 7.21. The molecule has 0 unspecified atom stereocenters. The molecule has 0 amide bonds. The van der Waals surface area contributed by atoms with Crippen LogP contribution in [-0.4, -0.2) is 5.11 Å². The first kappa shape index (κ1) is 19.5. The van der Waals surface area contributed by atoms with E-state index in [1.54, 1.807) is 0 Å². The minimum Gasteiger partial charge on any atom is -0.505 e. The smallest absolute Gasteiger partial charge is 0.160 e. The van der Waals surface area contributed by atoms with Crippen molar-refractivity contribution < 1.29 is 9.84 Å². The van der Waals surface area contributed by atoms with Crippen molar-refractivity contribution in [2.24, 2.45) is 0 Å². The summed E-state index contributed by atoms with van der Waals surface area (Å²) in [4.78, 5) is 0. The van der Waals surface area contributed by atoms with Crippen LogP contribution in [0.3, 0.4) is 0 Å². The largest absolute Gasteiger partial charge is 0.505 e. The number of hydrogen-bond donors (Lipinski definition) is 1. The molecular weight excluding hydrogens is 390 g/mol. The molecule has 24 heavy (non-hydrogen) atoms. The Morgan fingerprint density at radius 3 is 1.46 bits per heavy atom. The van der Waals surface area contributed by atoms with Crippen molar-refractivity contribution in [1.29, 1.82) is 0 Å². The maximum atomic E-state index is 9.78. The summed E-state index contributed by atoms with van der Waals surface area (Å²) >= 11 is 24.2. The van der Waals surface area contributed by atoms with Gasteiger partial charge in [0.15, 0.2) is 11.5 Å². The molecule has 0 aliphatic carbocycles. The summed E-state index contributed by atoms with van der Waals surface area (Å²) in [5, 5.41) is 9.71. The first-order valence-electron chi connectivity index (χ1n) is 7.33. The van der Waals surface area contributed by atoms with Gasteiger partial charge in [0.25, 0.3) is 0 Å². The van der Waals surface area contributed by atoms with Crippen LogP contribution in [0.25, 0.3) is 0 Å². The van der Waals surface area contributed by atoms with Crippen LogP contribution in [0.4, 0.5) is 0 Å². The Balaban J connectivity index is 2.48. The number of ether oxygens (including phenoxy) is 1. The molecule has 0 aliphatic heterocycles. The van der Waals surface area contributed by atoms with E-state index in [1.165, 1.54) is 27.8 Å². The van der Waals surface area contributed by atoms with Crippen molar-refractivity contribution in [3.63, 3.8) is 0 Å². The van der Waals surface area contributed by atoms with E-state index in [1.807, 2.05) is 0 Å². The summed E-state index contributed by atoms with van der Waals surface area (Å²) in [6.07, 6.45) is 0. The van der Waals surface area contributed by atoms with Gasteiger partial charge in [-0.25, -0.2) is 0 Å². The van der Waals surface area contributed by atoms with E-state index >= 15 is 0 Å². The fourth-order valence-corrected chi connectivity index (χ4v) is 3.60. The van der Waals surface area contributed by atoms with Crippen LogP contribution >= 0.6 is 46.4 Å². The Kier molecular flexibility index (Phi) is 5.87. The normalized spacial score (nSPS) is 11.0. The van der Waals surface area contributed by atoms with Gasteiger partial charge in [-0.05, 0) is 68.0 Å². The van der Waals surface area contributed by atoms with Crippen LogP contribution in [0, 0.1) is 34.6 Å². The van der Waals surface area contributed by atoms with Crippen molar-refractivity contribution in [2.45, 2.75) is 41.2 Å². The third-order valence-corrected chi connectivity index (χ3v) is 6.37. The molecule has 0 atom stereocenters. The molecule has 0 saturated heterocycles. The van der Waals surface area contributed by atoms with E-state index in [-0.39, 0.29) is 38.2 Å². The molecule has 2 rings (SSSR count). The number of halogens is 4. The maximum Gasteiger partial charge on any atom is 0.160 e. The van der Waals surface area contributed by atoms with Crippen molar-refractivity contribution in [3.8, 4) is 11.5 Å². The molecule has 2 aromatic rings. The zero-order chi connectivity index (χ0) is 18.3. The maximum absolute atomic E-state index is 9.78. The van der Waals surface area contributed by atoms with Crippen LogP contribution in [-0.2, 0) is 6.61 Å². The minimum absolute atomic E-state index is 0.0411. The number of hydrogen-bond acceptors (Lipinski definition) is 2. The number of phenolic OH excluding ortho intramolecular Hbond substituents is 1. The van der Waals surface area contributed by atoms with Gasteiger partial charge < -0.3 is 9.84 Å². The number of aromatic hydroxyl groups is 1.